The van der Waals surface area contributed by atoms with E-state index in [0.717, 1.165) is 31.5 Å². The first-order valence-corrected chi connectivity index (χ1v) is 8.51. The van der Waals surface area contributed by atoms with Gasteiger partial charge in [0.15, 0.2) is 11.5 Å². The number of aromatic hydroxyl groups is 1. The number of methoxy groups -OCH3 is 1. The fourth-order valence-corrected chi connectivity index (χ4v) is 3.55. The van der Waals surface area contributed by atoms with Crippen LogP contribution >= 0.6 is 11.6 Å². The SMILES string of the molecule is CCc1cc(O)c(OC)c(C(=O)NC[C@@H]2CCCN2CC)c1Cl. The average molecular weight is 341 g/mol. The third kappa shape index (κ3) is 3.72. The highest BCUT2D eigenvalue weighted by Gasteiger charge is 2.26. The van der Waals surface area contributed by atoms with E-state index in [2.05, 4.69) is 17.1 Å². The number of carbonyl (C=O) groups is 1. The van der Waals surface area contributed by atoms with Crippen LogP contribution in [0.5, 0.6) is 11.5 Å². The first-order chi connectivity index (χ1) is 11.0. The molecule has 1 aliphatic heterocycles. The highest BCUT2D eigenvalue weighted by atomic mass is 35.5. The lowest BCUT2D eigenvalue weighted by Gasteiger charge is -2.23. The van der Waals surface area contributed by atoms with E-state index in [0.29, 0.717) is 24.0 Å². The molecule has 1 amide bonds. The smallest absolute Gasteiger partial charge is 0.256 e. The molecule has 1 aromatic rings. The second-order valence-corrected chi connectivity index (χ2v) is 6.14. The molecular formula is C17H25ClN2O3. The van der Waals surface area contributed by atoms with Crippen molar-refractivity contribution in [3.63, 3.8) is 0 Å². The van der Waals surface area contributed by atoms with Crippen molar-refractivity contribution in [1.29, 1.82) is 0 Å². The molecule has 6 heteroatoms. The summed E-state index contributed by atoms with van der Waals surface area (Å²) in [5.74, 6) is -0.237. The summed E-state index contributed by atoms with van der Waals surface area (Å²) in [6, 6.07) is 1.91. The van der Waals surface area contributed by atoms with Gasteiger partial charge < -0.3 is 15.2 Å². The fraction of sp³-hybridized carbons (Fsp3) is 0.588. The van der Waals surface area contributed by atoms with Gasteiger partial charge in [-0.2, -0.15) is 0 Å². The number of nitrogens with one attached hydrogen (secondary N) is 1. The molecule has 23 heavy (non-hydrogen) atoms. The normalized spacial score (nSPS) is 18.2. The van der Waals surface area contributed by atoms with Crippen LogP contribution in [0.2, 0.25) is 5.02 Å². The zero-order valence-corrected chi connectivity index (χ0v) is 14.7. The minimum atomic E-state index is -0.305. The molecule has 1 fully saturated rings. The van der Waals surface area contributed by atoms with Gasteiger partial charge in [-0.15, -0.1) is 0 Å². The molecule has 1 aromatic carbocycles. The van der Waals surface area contributed by atoms with E-state index >= 15 is 0 Å². The minimum Gasteiger partial charge on any atom is -0.504 e. The lowest BCUT2D eigenvalue weighted by molar-refractivity contribution is 0.0937. The van der Waals surface area contributed by atoms with Crippen LogP contribution in [-0.4, -0.2) is 48.7 Å². The number of hydrogen-bond acceptors (Lipinski definition) is 4. The Morgan fingerprint density at radius 3 is 2.87 bits per heavy atom. The molecule has 2 N–H and O–H groups in total. The van der Waals surface area contributed by atoms with Gasteiger partial charge in [0.1, 0.15) is 5.56 Å². The van der Waals surface area contributed by atoms with Crippen LogP contribution < -0.4 is 10.1 Å². The number of hydrogen-bond donors (Lipinski definition) is 2. The van der Waals surface area contributed by atoms with Crippen molar-refractivity contribution in [2.24, 2.45) is 0 Å². The Balaban J connectivity index is 2.19. The second-order valence-electron chi connectivity index (χ2n) is 5.77. The monoisotopic (exact) mass is 340 g/mol. The van der Waals surface area contributed by atoms with Gasteiger partial charge in [0.05, 0.1) is 12.1 Å². The first-order valence-electron chi connectivity index (χ1n) is 8.13. The fourth-order valence-electron chi connectivity index (χ4n) is 3.19. The number of ether oxygens (including phenoxy) is 1. The number of phenolic OH excluding ortho intramolecular Hbond substituents is 1. The first kappa shape index (κ1) is 17.9. The number of carbonyl (C=O) groups excluding carboxylic acids is 1. The number of rotatable bonds is 6. The van der Waals surface area contributed by atoms with Crippen LogP contribution in [0.3, 0.4) is 0 Å². The van der Waals surface area contributed by atoms with Crippen molar-refractivity contribution < 1.29 is 14.6 Å². The van der Waals surface area contributed by atoms with Crippen LogP contribution in [-0.2, 0) is 6.42 Å². The second kappa shape index (κ2) is 7.88. The molecule has 0 unspecified atom stereocenters. The molecule has 2 rings (SSSR count). The molecule has 1 heterocycles. The molecule has 0 aliphatic carbocycles. The van der Waals surface area contributed by atoms with Gasteiger partial charge in [-0.05, 0) is 44.0 Å². The van der Waals surface area contributed by atoms with Gasteiger partial charge in [-0.25, -0.2) is 0 Å². The van der Waals surface area contributed by atoms with E-state index < -0.39 is 0 Å². The maximum Gasteiger partial charge on any atom is 0.256 e. The topological polar surface area (TPSA) is 61.8 Å². The Morgan fingerprint density at radius 2 is 2.26 bits per heavy atom. The van der Waals surface area contributed by atoms with Crippen molar-refractivity contribution in [2.75, 3.05) is 26.7 Å². The number of halogens is 1. The van der Waals surface area contributed by atoms with Crippen LogP contribution in [0.15, 0.2) is 6.07 Å². The average Bonchev–Trinajstić information content (AvgIpc) is 3.01. The molecule has 1 saturated heterocycles. The Hall–Kier alpha value is -1.46. The zero-order chi connectivity index (χ0) is 17.0. The van der Waals surface area contributed by atoms with Crippen molar-refractivity contribution >= 4 is 17.5 Å². The maximum atomic E-state index is 12.6. The van der Waals surface area contributed by atoms with Gasteiger partial charge in [0.25, 0.3) is 5.91 Å². The van der Waals surface area contributed by atoms with E-state index in [1.54, 1.807) is 6.07 Å². The van der Waals surface area contributed by atoms with Crippen molar-refractivity contribution in [2.45, 2.75) is 39.2 Å². The number of phenols is 1. The molecule has 5 nitrogen and oxygen atoms in total. The predicted octanol–water partition coefficient (Wildman–Crippen LogP) is 2.83. The number of amides is 1. The third-order valence-corrected chi connectivity index (χ3v) is 4.92. The third-order valence-electron chi connectivity index (χ3n) is 4.49. The maximum absolute atomic E-state index is 12.6. The van der Waals surface area contributed by atoms with Crippen molar-refractivity contribution in [1.82, 2.24) is 10.2 Å². The van der Waals surface area contributed by atoms with Gasteiger partial charge in [0.2, 0.25) is 0 Å². The summed E-state index contributed by atoms with van der Waals surface area (Å²) >= 11 is 6.35. The standard InChI is InChI=1S/C17H25ClN2O3/c1-4-11-9-13(21)16(23-3)14(15(11)18)17(22)19-10-12-7-6-8-20(12)5-2/h9,12,21H,4-8,10H2,1-3H3,(H,19,22)/t12-/m0/s1. The largest absolute Gasteiger partial charge is 0.504 e. The lowest BCUT2D eigenvalue weighted by atomic mass is 10.1. The lowest BCUT2D eigenvalue weighted by Crippen LogP contribution is -2.40. The number of likely N-dealkylation sites (N-methyl/N-ethyl adjacent to an activating group) is 1. The number of likely N-dealkylation sites (tertiary alicyclic amines) is 1. The summed E-state index contributed by atoms with van der Waals surface area (Å²) in [6.45, 7) is 6.68. The summed E-state index contributed by atoms with van der Waals surface area (Å²) in [5, 5.41) is 13.4. The van der Waals surface area contributed by atoms with Crippen LogP contribution in [0, 0.1) is 0 Å². The van der Waals surface area contributed by atoms with E-state index in [4.69, 9.17) is 16.3 Å². The van der Waals surface area contributed by atoms with E-state index in [1.165, 1.54) is 7.11 Å². The summed E-state index contributed by atoms with van der Waals surface area (Å²) in [5.41, 5.74) is 0.943. The summed E-state index contributed by atoms with van der Waals surface area (Å²) in [4.78, 5) is 15.0. The Bertz CT molecular complexity index is 577. The minimum absolute atomic E-state index is 0.0602. The number of aryl methyl sites for hydroxylation is 1. The van der Waals surface area contributed by atoms with Gasteiger partial charge in [-0.3, -0.25) is 9.69 Å². The van der Waals surface area contributed by atoms with Crippen LogP contribution in [0.4, 0.5) is 0 Å². The highest BCUT2D eigenvalue weighted by Crippen LogP contribution is 2.38. The molecule has 0 saturated carbocycles. The number of benzene rings is 1. The molecule has 1 aliphatic rings. The van der Waals surface area contributed by atoms with Crippen molar-refractivity contribution in [3.05, 3.63) is 22.2 Å². The Kier molecular flexibility index (Phi) is 6.13. The molecule has 0 spiro atoms. The molecule has 1 atom stereocenters. The van der Waals surface area contributed by atoms with E-state index in [9.17, 15) is 9.90 Å². The molecule has 0 aromatic heterocycles. The molecular weight excluding hydrogens is 316 g/mol. The quantitative estimate of drug-likeness (QED) is 0.836. The zero-order valence-electron chi connectivity index (χ0n) is 14.0. The van der Waals surface area contributed by atoms with Gasteiger partial charge in [-0.1, -0.05) is 25.4 Å². The summed E-state index contributed by atoms with van der Waals surface area (Å²) < 4.78 is 5.19. The molecule has 128 valence electrons. The summed E-state index contributed by atoms with van der Waals surface area (Å²) in [6.07, 6.45) is 2.87. The number of nitrogens with zero attached hydrogens (tertiary/aromatic N) is 1. The predicted molar refractivity (Wildman–Crippen MR) is 91.6 cm³/mol. The van der Waals surface area contributed by atoms with Gasteiger partial charge >= 0.3 is 0 Å². The summed E-state index contributed by atoms with van der Waals surface area (Å²) in [7, 11) is 1.42. The van der Waals surface area contributed by atoms with Gasteiger partial charge in [0, 0.05) is 12.6 Å². The molecule has 0 bridgehead atoms. The van der Waals surface area contributed by atoms with Crippen molar-refractivity contribution in [3.8, 4) is 11.5 Å². The highest BCUT2D eigenvalue weighted by molar-refractivity contribution is 6.35. The van der Waals surface area contributed by atoms with E-state index in [1.807, 2.05) is 6.92 Å². The van der Waals surface area contributed by atoms with Crippen LogP contribution in [0.25, 0.3) is 0 Å². The molecule has 0 radical (unpaired) electrons. The Labute approximate surface area is 142 Å². The van der Waals surface area contributed by atoms with E-state index in [-0.39, 0.29) is 23.0 Å². The van der Waals surface area contributed by atoms with Crippen LogP contribution in [0.1, 0.15) is 42.6 Å². The Morgan fingerprint density at radius 1 is 1.52 bits per heavy atom.